The van der Waals surface area contributed by atoms with Gasteiger partial charge in [-0.3, -0.25) is 4.68 Å². The van der Waals surface area contributed by atoms with E-state index in [0.717, 1.165) is 17.5 Å². The standard InChI is InChI=1S/C12H16FN3/c1-8(2)16-12(5-6-14)10-4-3-9(13)7-11(10)15-16/h3-4,7-8H,5-6,14H2,1-2H3. The second kappa shape index (κ2) is 4.22. The first-order valence-electron chi connectivity index (χ1n) is 5.50. The molecule has 16 heavy (non-hydrogen) atoms. The van der Waals surface area contributed by atoms with E-state index in [2.05, 4.69) is 18.9 Å². The molecule has 0 saturated heterocycles. The summed E-state index contributed by atoms with van der Waals surface area (Å²) in [5.41, 5.74) is 7.39. The summed E-state index contributed by atoms with van der Waals surface area (Å²) in [7, 11) is 0. The molecule has 0 aliphatic carbocycles. The normalized spacial score (nSPS) is 11.6. The van der Waals surface area contributed by atoms with Crippen LogP contribution in [-0.4, -0.2) is 16.3 Å². The van der Waals surface area contributed by atoms with Crippen LogP contribution < -0.4 is 5.73 Å². The second-order valence-electron chi connectivity index (χ2n) is 4.19. The number of rotatable bonds is 3. The molecule has 3 nitrogen and oxygen atoms in total. The van der Waals surface area contributed by atoms with Crippen molar-refractivity contribution in [3.05, 3.63) is 29.7 Å². The van der Waals surface area contributed by atoms with Crippen LogP contribution in [0.5, 0.6) is 0 Å². The Bertz CT molecular complexity index is 502. The van der Waals surface area contributed by atoms with Gasteiger partial charge in [-0.05, 0) is 32.5 Å². The van der Waals surface area contributed by atoms with Gasteiger partial charge in [0.05, 0.1) is 5.52 Å². The summed E-state index contributed by atoms with van der Waals surface area (Å²) in [6.07, 6.45) is 0.764. The first-order valence-corrected chi connectivity index (χ1v) is 5.50. The molecule has 0 amide bonds. The lowest BCUT2D eigenvalue weighted by Crippen LogP contribution is -2.12. The zero-order valence-corrected chi connectivity index (χ0v) is 9.57. The topological polar surface area (TPSA) is 43.8 Å². The van der Waals surface area contributed by atoms with Crippen molar-refractivity contribution in [3.8, 4) is 0 Å². The Kier molecular flexibility index (Phi) is 2.92. The van der Waals surface area contributed by atoms with E-state index in [1.807, 2.05) is 4.68 Å². The van der Waals surface area contributed by atoms with Crippen molar-refractivity contribution in [2.75, 3.05) is 6.54 Å². The van der Waals surface area contributed by atoms with Crippen LogP contribution in [0.25, 0.3) is 10.9 Å². The lowest BCUT2D eigenvalue weighted by atomic mass is 10.1. The Labute approximate surface area is 94.1 Å². The first kappa shape index (κ1) is 11.1. The van der Waals surface area contributed by atoms with Gasteiger partial charge in [0.15, 0.2) is 0 Å². The monoisotopic (exact) mass is 221 g/mol. The molecular formula is C12H16FN3. The van der Waals surface area contributed by atoms with E-state index in [0.29, 0.717) is 12.1 Å². The van der Waals surface area contributed by atoms with Gasteiger partial charge in [0.25, 0.3) is 0 Å². The Balaban J connectivity index is 2.65. The Morgan fingerprint density at radius 2 is 2.19 bits per heavy atom. The van der Waals surface area contributed by atoms with Gasteiger partial charge < -0.3 is 5.73 Å². The molecule has 0 atom stereocenters. The zero-order valence-electron chi connectivity index (χ0n) is 9.57. The highest BCUT2D eigenvalue weighted by Crippen LogP contribution is 2.22. The molecule has 2 aromatic rings. The maximum Gasteiger partial charge on any atom is 0.125 e. The quantitative estimate of drug-likeness (QED) is 0.864. The molecule has 0 aliphatic rings. The summed E-state index contributed by atoms with van der Waals surface area (Å²) in [6.45, 7) is 4.69. The van der Waals surface area contributed by atoms with Crippen LogP contribution in [0.15, 0.2) is 18.2 Å². The average molecular weight is 221 g/mol. The summed E-state index contributed by atoms with van der Waals surface area (Å²) in [4.78, 5) is 0. The number of nitrogens with zero attached hydrogens (tertiary/aromatic N) is 2. The van der Waals surface area contributed by atoms with E-state index in [9.17, 15) is 4.39 Å². The van der Waals surface area contributed by atoms with Gasteiger partial charge in [-0.25, -0.2) is 4.39 Å². The van der Waals surface area contributed by atoms with Crippen LogP contribution in [0.1, 0.15) is 25.6 Å². The van der Waals surface area contributed by atoms with Crippen molar-refractivity contribution in [2.45, 2.75) is 26.3 Å². The molecule has 2 rings (SSSR count). The van der Waals surface area contributed by atoms with Crippen LogP contribution in [0.4, 0.5) is 4.39 Å². The van der Waals surface area contributed by atoms with Gasteiger partial charge in [-0.2, -0.15) is 5.10 Å². The molecule has 0 unspecified atom stereocenters. The maximum absolute atomic E-state index is 13.1. The summed E-state index contributed by atoms with van der Waals surface area (Å²) < 4.78 is 15.0. The van der Waals surface area contributed by atoms with Crippen LogP contribution in [0.2, 0.25) is 0 Å². The minimum Gasteiger partial charge on any atom is -0.330 e. The summed E-state index contributed by atoms with van der Waals surface area (Å²) in [6, 6.07) is 4.97. The SMILES string of the molecule is CC(C)n1nc2cc(F)ccc2c1CCN. The van der Waals surface area contributed by atoms with E-state index in [-0.39, 0.29) is 11.9 Å². The van der Waals surface area contributed by atoms with E-state index in [1.165, 1.54) is 12.1 Å². The Morgan fingerprint density at radius 1 is 1.44 bits per heavy atom. The predicted octanol–water partition coefficient (Wildman–Crippen LogP) is 2.26. The molecule has 86 valence electrons. The Morgan fingerprint density at radius 3 is 2.81 bits per heavy atom. The highest BCUT2D eigenvalue weighted by molar-refractivity contribution is 5.81. The van der Waals surface area contributed by atoms with Crippen molar-refractivity contribution in [3.63, 3.8) is 0 Å². The maximum atomic E-state index is 13.1. The van der Waals surface area contributed by atoms with Gasteiger partial charge in [0.2, 0.25) is 0 Å². The highest BCUT2D eigenvalue weighted by Gasteiger charge is 2.12. The molecule has 0 bridgehead atoms. The number of benzene rings is 1. The molecule has 0 fully saturated rings. The van der Waals surface area contributed by atoms with Crippen molar-refractivity contribution >= 4 is 10.9 Å². The molecule has 0 spiro atoms. The van der Waals surface area contributed by atoms with Crippen molar-refractivity contribution in [2.24, 2.45) is 5.73 Å². The third kappa shape index (κ3) is 1.80. The molecule has 4 heteroatoms. The fourth-order valence-corrected chi connectivity index (χ4v) is 1.94. The number of fused-ring (bicyclic) bond motifs is 1. The van der Waals surface area contributed by atoms with Gasteiger partial charge in [-0.1, -0.05) is 0 Å². The Hall–Kier alpha value is -1.42. The van der Waals surface area contributed by atoms with E-state index in [4.69, 9.17) is 5.73 Å². The minimum atomic E-state index is -0.250. The lowest BCUT2D eigenvalue weighted by molar-refractivity contribution is 0.514. The van der Waals surface area contributed by atoms with Crippen LogP contribution >= 0.6 is 0 Å². The third-order valence-electron chi connectivity index (χ3n) is 2.63. The highest BCUT2D eigenvalue weighted by atomic mass is 19.1. The van der Waals surface area contributed by atoms with E-state index in [1.54, 1.807) is 6.07 Å². The largest absolute Gasteiger partial charge is 0.330 e. The smallest absolute Gasteiger partial charge is 0.125 e. The van der Waals surface area contributed by atoms with Crippen molar-refractivity contribution in [1.82, 2.24) is 9.78 Å². The molecule has 0 radical (unpaired) electrons. The summed E-state index contributed by atoms with van der Waals surface area (Å²) in [5, 5.41) is 5.41. The van der Waals surface area contributed by atoms with Crippen LogP contribution in [-0.2, 0) is 6.42 Å². The van der Waals surface area contributed by atoms with Gasteiger partial charge in [0.1, 0.15) is 5.82 Å². The molecule has 1 aromatic heterocycles. The molecular weight excluding hydrogens is 205 g/mol. The van der Waals surface area contributed by atoms with E-state index < -0.39 is 0 Å². The fraction of sp³-hybridized carbons (Fsp3) is 0.417. The lowest BCUT2D eigenvalue weighted by Gasteiger charge is -2.10. The van der Waals surface area contributed by atoms with Gasteiger partial charge in [0, 0.05) is 29.6 Å². The number of aromatic nitrogens is 2. The fourth-order valence-electron chi connectivity index (χ4n) is 1.94. The summed E-state index contributed by atoms with van der Waals surface area (Å²) in [5.74, 6) is -0.250. The van der Waals surface area contributed by atoms with Crippen LogP contribution in [0.3, 0.4) is 0 Å². The predicted molar refractivity (Wildman–Crippen MR) is 62.8 cm³/mol. The first-order chi connectivity index (χ1) is 7.63. The van der Waals surface area contributed by atoms with E-state index >= 15 is 0 Å². The average Bonchev–Trinajstić information content (AvgIpc) is 2.57. The second-order valence-corrected chi connectivity index (χ2v) is 4.19. The van der Waals surface area contributed by atoms with Gasteiger partial charge in [-0.15, -0.1) is 0 Å². The molecule has 2 N–H and O–H groups in total. The van der Waals surface area contributed by atoms with Crippen LogP contribution in [0, 0.1) is 5.82 Å². The molecule has 0 saturated carbocycles. The minimum absolute atomic E-state index is 0.250. The zero-order chi connectivity index (χ0) is 11.7. The van der Waals surface area contributed by atoms with Crippen molar-refractivity contribution < 1.29 is 4.39 Å². The third-order valence-corrected chi connectivity index (χ3v) is 2.63. The number of halogens is 1. The molecule has 1 aromatic carbocycles. The number of nitrogens with two attached hydrogens (primary N) is 1. The van der Waals surface area contributed by atoms with Gasteiger partial charge >= 0.3 is 0 Å². The summed E-state index contributed by atoms with van der Waals surface area (Å²) >= 11 is 0. The number of hydrogen-bond donors (Lipinski definition) is 1. The van der Waals surface area contributed by atoms with Crippen molar-refractivity contribution in [1.29, 1.82) is 0 Å². The molecule has 1 heterocycles. The molecule has 0 aliphatic heterocycles. The number of hydrogen-bond acceptors (Lipinski definition) is 2.